The van der Waals surface area contributed by atoms with Crippen LogP contribution in [0.4, 0.5) is 4.39 Å². The third-order valence-corrected chi connectivity index (χ3v) is 6.18. The van der Waals surface area contributed by atoms with Crippen LogP contribution in [-0.4, -0.2) is 34.8 Å². The Morgan fingerprint density at radius 1 is 1.26 bits per heavy atom. The van der Waals surface area contributed by atoms with E-state index in [2.05, 4.69) is 10.3 Å². The van der Waals surface area contributed by atoms with Crippen molar-refractivity contribution in [1.82, 2.24) is 15.2 Å². The number of hydrogen-bond acceptors (Lipinski definition) is 4. The number of thiazole rings is 1. The first-order valence-electron chi connectivity index (χ1n) is 9.37. The second-order valence-electron chi connectivity index (χ2n) is 7.24. The molecule has 1 aliphatic heterocycles. The van der Waals surface area contributed by atoms with E-state index in [1.807, 2.05) is 5.38 Å². The minimum Gasteiger partial charge on any atom is -0.350 e. The lowest BCUT2D eigenvalue weighted by Gasteiger charge is -2.32. The molecule has 0 radical (unpaired) electrons. The van der Waals surface area contributed by atoms with Crippen LogP contribution in [0, 0.1) is 11.7 Å². The maximum atomic E-state index is 13.9. The van der Waals surface area contributed by atoms with Crippen LogP contribution in [0.5, 0.6) is 0 Å². The maximum Gasteiger partial charge on any atom is 0.256 e. The number of nitrogens with zero attached hydrogens (tertiary/aromatic N) is 2. The van der Waals surface area contributed by atoms with Crippen LogP contribution in [0.1, 0.15) is 52.7 Å². The van der Waals surface area contributed by atoms with Crippen LogP contribution in [-0.2, 0) is 11.3 Å². The van der Waals surface area contributed by atoms with E-state index in [0.29, 0.717) is 19.6 Å². The SMILES string of the molecule is O=C(NCc1csc(C2CCCN(C(=O)c3ccccc3F)C2)n1)C1CC1. The van der Waals surface area contributed by atoms with Crippen molar-refractivity contribution in [3.8, 4) is 0 Å². The van der Waals surface area contributed by atoms with Crippen LogP contribution < -0.4 is 5.32 Å². The summed E-state index contributed by atoms with van der Waals surface area (Å²) >= 11 is 1.57. The summed E-state index contributed by atoms with van der Waals surface area (Å²) < 4.78 is 13.9. The molecule has 0 bridgehead atoms. The highest BCUT2D eigenvalue weighted by Crippen LogP contribution is 2.31. The van der Waals surface area contributed by atoms with Crippen LogP contribution >= 0.6 is 11.3 Å². The molecule has 1 N–H and O–H groups in total. The van der Waals surface area contributed by atoms with E-state index in [-0.39, 0.29) is 29.2 Å². The summed E-state index contributed by atoms with van der Waals surface area (Å²) in [4.78, 5) is 30.8. The summed E-state index contributed by atoms with van der Waals surface area (Å²) in [6.07, 6.45) is 3.81. The van der Waals surface area contributed by atoms with Crippen molar-refractivity contribution in [3.05, 3.63) is 51.7 Å². The fraction of sp³-hybridized carbons (Fsp3) is 0.450. The number of carbonyl (C=O) groups is 2. The first-order chi connectivity index (χ1) is 13.1. The molecule has 1 unspecified atom stereocenters. The quantitative estimate of drug-likeness (QED) is 0.856. The predicted molar refractivity (Wildman–Crippen MR) is 101 cm³/mol. The Kier molecular flexibility index (Phi) is 5.20. The van der Waals surface area contributed by atoms with E-state index in [9.17, 15) is 14.0 Å². The van der Waals surface area contributed by atoms with Gasteiger partial charge in [0.15, 0.2) is 0 Å². The van der Waals surface area contributed by atoms with Gasteiger partial charge in [-0.3, -0.25) is 9.59 Å². The Hall–Kier alpha value is -2.28. The zero-order chi connectivity index (χ0) is 18.8. The first-order valence-corrected chi connectivity index (χ1v) is 10.3. The van der Waals surface area contributed by atoms with E-state index in [0.717, 1.165) is 36.4 Å². The van der Waals surface area contributed by atoms with E-state index in [1.54, 1.807) is 28.4 Å². The maximum absolute atomic E-state index is 13.9. The summed E-state index contributed by atoms with van der Waals surface area (Å²) in [5, 5.41) is 5.89. The highest BCUT2D eigenvalue weighted by molar-refractivity contribution is 7.09. The second-order valence-corrected chi connectivity index (χ2v) is 8.13. The third kappa shape index (κ3) is 4.18. The van der Waals surface area contributed by atoms with Crippen LogP contribution in [0.25, 0.3) is 0 Å². The second kappa shape index (κ2) is 7.76. The van der Waals surface area contributed by atoms with E-state index < -0.39 is 5.82 Å². The number of carbonyl (C=O) groups excluding carboxylic acids is 2. The van der Waals surface area contributed by atoms with Crippen molar-refractivity contribution in [2.24, 2.45) is 5.92 Å². The van der Waals surface area contributed by atoms with Crippen LogP contribution in [0.2, 0.25) is 0 Å². The Morgan fingerprint density at radius 2 is 2.07 bits per heavy atom. The minimum absolute atomic E-state index is 0.115. The van der Waals surface area contributed by atoms with Gasteiger partial charge in [0.05, 0.1) is 22.8 Å². The van der Waals surface area contributed by atoms with Crippen molar-refractivity contribution < 1.29 is 14.0 Å². The van der Waals surface area contributed by atoms with Crippen LogP contribution in [0.3, 0.4) is 0 Å². The molecule has 2 amide bonds. The lowest BCUT2D eigenvalue weighted by atomic mass is 9.98. The number of halogens is 1. The minimum atomic E-state index is -0.479. The zero-order valence-electron chi connectivity index (χ0n) is 15.0. The molecule has 27 heavy (non-hydrogen) atoms. The molecule has 4 rings (SSSR count). The van der Waals surface area contributed by atoms with Gasteiger partial charge < -0.3 is 10.2 Å². The molecule has 2 fully saturated rings. The molecule has 142 valence electrons. The summed E-state index contributed by atoms with van der Waals surface area (Å²) in [6.45, 7) is 1.64. The van der Waals surface area contributed by atoms with E-state index >= 15 is 0 Å². The standard InChI is InChI=1S/C20H22FN3O2S/c21-17-6-2-1-5-16(17)20(26)24-9-3-4-14(11-24)19-23-15(12-27-19)10-22-18(25)13-7-8-13/h1-2,5-6,12-14H,3-4,7-11H2,(H,22,25). The van der Waals surface area contributed by atoms with Gasteiger partial charge in [-0.05, 0) is 37.8 Å². The number of aromatic nitrogens is 1. The number of benzene rings is 1. The molecule has 0 spiro atoms. The monoisotopic (exact) mass is 387 g/mol. The highest BCUT2D eigenvalue weighted by atomic mass is 32.1. The van der Waals surface area contributed by atoms with Crippen molar-refractivity contribution in [3.63, 3.8) is 0 Å². The molecule has 1 atom stereocenters. The summed E-state index contributed by atoms with van der Waals surface area (Å²) in [5.41, 5.74) is 0.988. The summed E-state index contributed by atoms with van der Waals surface area (Å²) in [6, 6.07) is 6.12. The van der Waals surface area contributed by atoms with Gasteiger partial charge in [-0.25, -0.2) is 9.37 Å². The van der Waals surface area contributed by atoms with Gasteiger partial charge in [0.2, 0.25) is 5.91 Å². The van der Waals surface area contributed by atoms with Gasteiger partial charge >= 0.3 is 0 Å². The number of nitrogens with one attached hydrogen (secondary N) is 1. The van der Waals surface area contributed by atoms with Crippen molar-refractivity contribution >= 4 is 23.2 Å². The summed E-state index contributed by atoms with van der Waals surface area (Å²) in [5.74, 6) is -0.269. The van der Waals surface area contributed by atoms with Gasteiger partial charge in [0.1, 0.15) is 5.82 Å². The molecule has 2 heterocycles. The summed E-state index contributed by atoms with van der Waals surface area (Å²) in [7, 11) is 0. The highest BCUT2D eigenvalue weighted by Gasteiger charge is 2.30. The third-order valence-electron chi connectivity index (χ3n) is 5.12. The molecule has 1 saturated carbocycles. The Bertz CT molecular complexity index is 849. The Labute approximate surface area is 161 Å². The normalized spacial score (nSPS) is 19.7. The number of hydrogen-bond donors (Lipinski definition) is 1. The lowest BCUT2D eigenvalue weighted by molar-refractivity contribution is -0.122. The molecular formula is C20H22FN3O2S. The predicted octanol–water partition coefficient (Wildman–Crippen LogP) is 3.33. The van der Waals surface area contributed by atoms with Gasteiger partial charge in [0.25, 0.3) is 5.91 Å². The fourth-order valence-corrected chi connectivity index (χ4v) is 4.37. The first kappa shape index (κ1) is 18.1. The molecule has 1 aliphatic carbocycles. The Balaban J connectivity index is 1.38. The van der Waals surface area contributed by atoms with Crippen LogP contribution in [0.15, 0.2) is 29.6 Å². The number of likely N-dealkylation sites (tertiary alicyclic amines) is 1. The van der Waals surface area contributed by atoms with Gasteiger partial charge in [-0.2, -0.15) is 0 Å². The van der Waals surface area contributed by atoms with Gasteiger partial charge in [-0.15, -0.1) is 11.3 Å². The zero-order valence-corrected chi connectivity index (χ0v) is 15.8. The number of piperidine rings is 1. The van der Waals surface area contributed by atoms with Crippen molar-refractivity contribution in [2.75, 3.05) is 13.1 Å². The molecule has 2 aromatic rings. The smallest absolute Gasteiger partial charge is 0.256 e. The molecule has 1 saturated heterocycles. The topological polar surface area (TPSA) is 62.3 Å². The molecule has 1 aromatic carbocycles. The van der Waals surface area contributed by atoms with Crippen molar-refractivity contribution in [1.29, 1.82) is 0 Å². The average molecular weight is 387 g/mol. The van der Waals surface area contributed by atoms with Crippen molar-refractivity contribution in [2.45, 2.75) is 38.1 Å². The molecule has 7 heteroatoms. The fourth-order valence-electron chi connectivity index (χ4n) is 3.43. The number of rotatable bonds is 5. The Morgan fingerprint density at radius 3 is 2.85 bits per heavy atom. The van der Waals surface area contributed by atoms with E-state index in [4.69, 9.17) is 0 Å². The molecular weight excluding hydrogens is 365 g/mol. The lowest BCUT2D eigenvalue weighted by Crippen LogP contribution is -2.39. The largest absolute Gasteiger partial charge is 0.350 e. The molecule has 1 aromatic heterocycles. The average Bonchev–Trinajstić information content (AvgIpc) is 3.44. The molecule has 2 aliphatic rings. The van der Waals surface area contributed by atoms with Gasteiger partial charge in [0, 0.05) is 30.3 Å². The molecule has 5 nitrogen and oxygen atoms in total. The van der Waals surface area contributed by atoms with Gasteiger partial charge in [-0.1, -0.05) is 12.1 Å². The van der Waals surface area contributed by atoms with E-state index in [1.165, 1.54) is 12.1 Å². The number of amides is 2.